The maximum Gasteiger partial charge on any atom is 0.243 e. The van der Waals surface area contributed by atoms with Crippen molar-refractivity contribution in [2.24, 2.45) is 0 Å². The second kappa shape index (κ2) is 8.71. The maximum absolute atomic E-state index is 12.9. The first-order valence-corrected chi connectivity index (χ1v) is 9.44. The number of carbonyl (C=O) groups excluding carboxylic acids is 2. The fourth-order valence-electron chi connectivity index (χ4n) is 3.52. The van der Waals surface area contributed by atoms with Crippen LogP contribution in [0.15, 0.2) is 48.5 Å². The Bertz CT molecular complexity index is 801. The summed E-state index contributed by atoms with van der Waals surface area (Å²) in [5, 5.41) is 2.98. The molecule has 5 nitrogen and oxygen atoms in total. The Balaban J connectivity index is 1.76. The lowest BCUT2D eigenvalue weighted by molar-refractivity contribution is -0.126. The number of rotatable bonds is 6. The van der Waals surface area contributed by atoms with Gasteiger partial charge >= 0.3 is 0 Å². The molecule has 0 radical (unpaired) electrons. The van der Waals surface area contributed by atoms with Gasteiger partial charge in [-0.05, 0) is 48.6 Å². The van der Waals surface area contributed by atoms with Gasteiger partial charge < -0.3 is 10.1 Å². The molecule has 142 valence electrons. The van der Waals surface area contributed by atoms with E-state index >= 15 is 0 Å². The minimum atomic E-state index is -0.505. The molecule has 2 aromatic rings. The van der Waals surface area contributed by atoms with Crippen LogP contribution in [0.2, 0.25) is 0 Å². The Labute approximate surface area is 160 Å². The Hall–Kier alpha value is -2.82. The van der Waals surface area contributed by atoms with Gasteiger partial charge in [0.1, 0.15) is 11.8 Å². The van der Waals surface area contributed by atoms with Crippen molar-refractivity contribution in [3.05, 3.63) is 59.7 Å². The molecule has 1 atom stereocenters. The highest BCUT2D eigenvalue weighted by atomic mass is 16.5. The number of carbonyl (C=O) groups is 2. The van der Waals surface area contributed by atoms with Crippen LogP contribution in [0, 0.1) is 0 Å². The molecule has 1 aliphatic rings. The van der Waals surface area contributed by atoms with E-state index in [0.717, 1.165) is 35.4 Å². The molecule has 1 heterocycles. The molecular weight excluding hydrogens is 340 g/mol. The molecule has 0 bridgehead atoms. The van der Waals surface area contributed by atoms with Crippen molar-refractivity contribution in [3.8, 4) is 5.75 Å². The van der Waals surface area contributed by atoms with Gasteiger partial charge in [0.25, 0.3) is 0 Å². The summed E-state index contributed by atoms with van der Waals surface area (Å²) in [6, 6.07) is 15.0. The summed E-state index contributed by atoms with van der Waals surface area (Å²) in [7, 11) is 1.62. The monoisotopic (exact) mass is 366 g/mol. The van der Waals surface area contributed by atoms with E-state index in [1.165, 1.54) is 0 Å². The van der Waals surface area contributed by atoms with Crippen LogP contribution in [-0.2, 0) is 22.6 Å². The van der Waals surface area contributed by atoms with Crippen LogP contribution in [0.25, 0.3) is 0 Å². The molecule has 1 aliphatic heterocycles. The van der Waals surface area contributed by atoms with Gasteiger partial charge in [-0.3, -0.25) is 14.5 Å². The number of benzene rings is 2. The van der Waals surface area contributed by atoms with E-state index in [4.69, 9.17) is 4.74 Å². The molecule has 0 spiro atoms. The predicted octanol–water partition coefficient (Wildman–Crippen LogP) is 3.46. The lowest BCUT2D eigenvalue weighted by atomic mass is 10.1. The number of hydrogen-bond donors (Lipinski definition) is 1. The highest BCUT2D eigenvalue weighted by molar-refractivity contribution is 6.01. The van der Waals surface area contributed by atoms with Crippen LogP contribution in [-0.4, -0.2) is 25.0 Å². The van der Waals surface area contributed by atoms with E-state index in [-0.39, 0.29) is 11.8 Å². The average Bonchev–Trinajstić information content (AvgIpc) is 2.86. The van der Waals surface area contributed by atoms with Crippen LogP contribution in [0.5, 0.6) is 5.75 Å². The van der Waals surface area contributed by atoms with E-state index in [2.05, 4.69) is 5.32 Å². The second-order valence-electron chi connectivity index (χ2n) is 6.74. The molecule has 2 amide bonds. The number of methoxy groups -OCH3 is 1. The lowest BCUT2D eigenvalue weighted by Gasteiger charge is -2.30. The third-order valence-corrected chi connectivity index (χ3v) is 4.98. The van der Waals surface area contributed by atoms with Crippen molar-refractivity contribution in [1.82, 2.24) is 5.32 Å². The Morgan fingerprint density at radius 1 is 1.15 bits per heavy atom. The first-order valence-electron chi connectivity index (χ1n) is 9.44. The minimum absolute atomic E-state index is 0.0198. The number of para-hydroxylation sites is 1. The SMILES string of the molecule is CC[C@H](C(=O)NCc1ccc(OC)cc1)N1C(=O)CCCc2ccccc21. The predicted molar refractivity (Wildman–Crippen MR) is 106 cm³/mol. The van der Waals surface area contributed by atoms with Gasteiger partial charge in [-0.2, -0.15) is 0 Å². The molecule has 0 aromatic heterocycles. The number of hydrogen-bond acceptors (Lipinski definition) is 3. The number of aryl methyl sites for hydroxylation is 1. The van der Waals surface area contributed by atoms with Crippen LogP contribution >= 0.6 is 0 Å². The standard InChI is InChI=1S/C22H26N2O3/c1-3-19(22(26)23-15-16-11-13-18(27-2)14-12-16)24-20-9-5-4-7-17(20)8-6-10-21(24)25/h4-5,7,9,11-14,19H,3,6,8,10,15H2,1-2H3,(H,23,26)/t19-/m1/s1. The molecular formula is C22H26N2O3. The maximum atomic E-state index is 12.9. The lowest BCUT2D eigenvalue weighted by Crippen LogP contribution is -2.49. The summed E-state index contributed by atoms with van der Waals surface area (Å²) in [5.41, 5.74) is 2.98. The normalized spacial score (nSPS) is 14.9. The topological polar surface area (TPSA) is 58.6 Å². The zero-order chi connectivity index (χ0) is 19.2. The third kappa shape index (κ3) is 4.30. The molecule has 0 fully saturated rings. The molecule has 0 unspecified atom stereocenters. The average molecular weight is 366 g/mol. The molecule has 27 heavy (non-hydrogen) atoms. The van der Waals surface area contributed by atoms with Crippen molar-refractivity contribution in [2.45, 2.75) is 45.2 Å². The van der Waals surface area contributed by atoms with E-state index in [1.807, 2.05) is 55.5 Å². The Morgan fingerprint density at radius 2 is 1.89 bits per heavy atom. The summed E-state index contributed by atoms with van der Waals surface area (Å²) in [4.78, 5) is 27.4. The molecule has 1 N–H and O–H groups in total. The molecule has 0 saturated heterocycles. The van der Waals surface area contributed by atoms with E-state index in [9.17, 15) is 9.59 Å². The van der Waals surface area contributed by atoms with Crippen molar-refractivity contribution in [1.29, 1.82) is 0 Å². The fraction of sp³-hybridized carbons (Fsp3) is 0.364. The largest absolute Gasteiger partial charge is 0.497 e. The van der Waals surface area contributed by atoms with Crippen molar-refractivity contribution < 1.29 is 14.3 Å². The number of nitrogens with one attached hydrogen (secondary N) is 1. The first-order chi connectivity index (χ1) is 13.1. The van der Waals surface area contributed by atoms with Gasteiger partial charge in [-0.15, -0.1) is 0 Å². The summed E-state index contributed by atoms with van der Waals surface area (Å²) < 4.78 is 5.16. The fourth-order valence-corrected chi connectivity index (χ4v) is 3.52. The molecule has 3 rings (SSSR count). The van der Waals surface area contributed by atoms with Gasteiger partial charge in [-0.25, -0.2) is 0 Å². The molecule has 5 heteroatoms. The van der Waals surface area contributed by atoms with E-state index in [0.29, 0.717) is 19.4 Å². The second-order valence-corrected chi connectivity index (χ2v) is 6.74. The highest BCUT2D eigenvalue weighted by Gasteiger charge is 2.32. The van der Waals surface area contributed by atoms with Crippen molar-refractivity contribution in [3.63, 3.8) is 0 Å². The molecule has 0 aliphatic carbocycles. The Morgan fingerprint density at radius 3 is 2.59 bits per heavy atom. The number of anilines is 1. The van der Waals surface area contributed by atoms with Crippen LogP contribution < -0.4 is 15.0 Å². The van der Waals surface area contributed by atoms with Gasteiger partial charge in [0.15, 0.2) is 0 Å². The summed E-state index contributed by atoms with van der Waals surface area (Å²) in [6.45, 7) is 2.36. The van der Waals surface area contributed by atoms with E-state index < -0.39 is 6.04 Å². The number of nitrogens with zero attached hydrogens (tertiary/aromatic N) is 1. The first kappa shape index (κ1) is 19.0. The van der Waals surface area contributed by atoms with Gasteiger partial charge in [0, 0.05) is 18.7 Å². The van der Waals surface area contributed by atoms with Crippen LogP contribution in [0.4, 0.5) is 5.69 Å². The number of ether oxygens (including phenoxy) is 1. The van der Waals surface area contributed by atoms with Gasteiger partial charge in [-0.1, -0.05) is 37.3 Å². The summed E-state index contributed by atoms with van der Waals surface area (Å²) in [5.74, 6) is 0.674. The van der Waals surface area contributed by atoms with Crippen LogP contribution in [0.1, 0.15) is 37.3 Å². The minimum Gasteiger partial charge on any atom is -0.497 e. The van der Waals surface area contributed by atoms with Crippen molar-refractivity contribution >= 4 is 17.5 Å². The summed E-state index contributed by atoms with van der Waals surface area (Å²) in [6.07, 6.45) is 2.71. The molecule has 0 saturated carbocycles. The van der Waals surface area contributed by atoms with Crippen LogP contribution in [0.3, 0.4) is 0 Å². The number of fused-ring (bicyclic) bond motifs is 1. The van der Waals surface area contributed by atoms with Gasteiger partial charge in [0.2, 0.25) is 11.8 Å². The molecule has 2 aromatic carbocycles. The smallest absolute Gasteiger partial charge is 0.243 e. The summed E-state index contributed by atoms with van der Waals surface area (Å²) >= 11 is 0. The Kier molecular flexibility index (Phi) is 6.12. The highest BCUT2D eigenvalue weighted by Crippen LogP contribution is 2.29. The van der Waals surface area contributed by atoms with E-state index in [1.54, 1.807) is 12.0 Å². The third-order valence-electron chi connectivity index (χ3n) is 4.98. The quantitative estimate of drug-likeness (QED) is 0.852. The van der Waals surface area contributed by atoms with Crippen molar-refractivity contribution in [2.75, 3.05) is 12.0 Å². The zero-order valence-corrected chi connectivity index (χ0v) is 15.9. The van der Waals surface area contributed by atoms with Gasteiger partial charge in [0.05, 0.1) is 7.11 Å². The number of amides is 2. The zero-order valence-electron chi connectivity index (χ0n) is 15.9.